The molecule has 12 heteroatoms. The molecule has 0 aromatic heterocycles. The molecule has 1 saturated heterocycles. The molecule has 0 radical (unpaired) electrons. The van der Waals surface area contributed by atoms with Crippen LogP contribution in [0.5, 0.6) is 11.5 Å². The van der Waals surface area contributed by atoms with Crippen molar-refractivity contribution >= 4 is 11.9 Å². The van der Waals surface area contributed by atoms with Crippen LogP contribution in [0.3, 0.4) is 0 Å². The van der Waals surface area contributed by atoms with E-state index in [-0.39, 0.29) is 45.0 Å². The number of ether oxygens (including phenoxy) is 4. The second-order valence-corrected chi connectivity index (χ2v) is 14.7. The standard InChI is InChI=1S/C25H31NO5.C20H23NO3.C5H8O2/c1-2-3-16-25(20-26-29,21-9-5-4-6-10-21)22-12-14-23(15-13-22)30-18-19-31-24(28)11-7-8-17-27;1-2-3-13-20(16-21-23,17-7-5-4-6-8-17)18-9-11-19(12-10-18)24-15-14-22;6-5-3-1-2-4-7-5/h4-6,9-10,12-15,27H,2-3,7-8,11,16-19H2,1H3;4-12,22H,2-3,13-15H2,1H3;1-4H2. The van der Waals surface area contributed by atoms with Crippen molar-refractivity contribution < 1.29 is 38.7 Å². The molecule has 2 unspecified atom stereocenters. The molecule has 0 aliphatic carbocycles. The molecule has 332 valence electrons. The van der Waals surface area contributed by atoms with E-state index in [0.29, 0.717) is 43.8 Å². The van der Waals surface area contributed by atoms with Crippen LogP contribution in [0.25, 0.3) is 10.0 Å². The number of aliphatic hydroxyl groups excluding tert-OH is 2. The maximum atomic E-state index is 11.6. The van der Waals surface area contributed by atoms with Gasteiger partial charge in [-0.05, 0) is 85.0 Å². The highest BCUT2D eigenvalue weighted by Gasteiger charge is 2.39. The minimum atomic E-state index is -0.707. The number of hydrogen-bond donors (Lipinski definition) is 2. The lowest BCUT2D eigenvalue weighted by atomic mass is 9.72. The lowest BCUT2D eigenvalue weighted by Gasteiger charge is -2.25. The van der Waals surface area contributed by atoms with Crippen molar-refractivity contribution in [3.63, 3.8) is 0 Å². The summed E-state index contributed by atoms with van der Waals surface area (Å²) in [6.07, 6.45) is 9.58. The van der Waals surface area contributed by atoms with Gasteiger partial charge in [0.25, 0.3) is 0 Å². The van der Waals surface area contributed by atoms with Gasteiger partial charge in [-0.25, -0.2) is 0 Å². The van der Waals surface area contributed by atoms with Gasteiger partial charge in [0.05, 0.1) is 13.2 Å². The zero-order chi connectivity index (χ0) is 44.7. The zero-order valence-corrected chi connectivity index (χ0v) is 36.2. The summed E-state index contributed by atoms with van der Waals surface area (Å²) < 4.78 is 20.8. The van der Waals surface area contributed by atoms with Crippen LogP contribution in [-0.4, -0.2) is 61.8 Å². The molecule has 2 N–H and O–H groups in total. The smallest absolute Gasteiger partial charge is 0.314 e. The van der Waals surface area contributed by atoms with Crippen molar-refractivity contribution in [1.29, 1.82) is 0 Å². The molecule has 1 heterocycles. The fourth-order valence-corrected chi connectivity index (χ4v) is 7.00. The Morgan fingerprint density at radius 1 is 0.645 bits per heavy atom. The van der Waals surface area contributed by atoms with Gasteiger partial charge in [0.2, 0.25) is 0 Å². The highest BCUT2D eigenvalue weighted by molar-refractivity contribution is 5.70. The number of nitrogens with zero attached hydrogens (tertiary/aromatic N) is 2. The molecule has 0 spiro atoms. The molecule has 4 aromatic carbocycles. The highest BCUT2D eigenvalue weighted by atomic mass is 16.6. The first-order chi connectivity index (χ1) is 30.3. The van der Waals surface area contributed by atoms with Gasteiger partial charge in [-0.15, -0.1) is 0 Å². The van der Waals surface area contributed by atoms with Gasteiger partial charge in [-0.1, -0.05) is 124 Å². The Kier molecular flexibility index (Phi) is 23.7. The number of carbonyl (C=O) groups is 2. The Morgan fingerprint density at radius 3 is 1.52 bits per heavy atom. The Bertz CT molecular complexity index is 1970. The molecule has 4 aromatic rings. The molecule has 12 nitrogen and oxygen atoms in total. The molecule has 2 atom stereocenters. The van der Waals surface area contributed by atoms with Gasteiger partial charge in [0.1, 0.15) is 31.3 Å². The molecule has 0 amide bonds. The second-order valence-electron chi connectivity index (χ2n) is 14.7. The average Bonchev–Trinajstić information content (AvgIpc) is 3.32. The minimum Gasteiger partial charge on any atom is -0.498 e. The summed E-state index contributed by atoms with van der Waals surface area (Å²) in [4.78, 5) is 21.8. The predicted octanol–water partition coefficient (Wildman–Crippen LogP) is 10.2. The number of rotatable bonds is 21. The van der Waals surface area contributed by atoms with Crippen LogP contribution < -0.4 is 9.47 Å². The van der Waals surface area contributed by atoms with Crippen LogP contribution in [0.1, 0.15) is 113 Å². The Hall–Kier alpha value is -6.08. The summed E-state index contributed by atoms with van der Waals surface area (Å²) in [6, 6.07) is 40.5. The topological polar surface area (TPSA) is 166 Å². The predicted molar refractivity (Wildman–Crippen MR) is 242 cm³/mol. The van der Waals surface area contributed by atoms with E-state index in [0.717, 1.165) is 73.6 Å². The number of esters is 2. The van der Waals surface area contributed by atoms with Crippen molar-refractivity contribution in [2.75, 3.05) is 39.6 Å². The Labute approximate surface area is 366 Å². The van der Waals surface area contributed by atoms with Crippen molar-refractivity contribution in [1.82, 2.24) is 0 Å². The number of carbonyl (C=O) groups excluding carboxylic acids is 2. The van der Waals surface area contributed by atoms with Crippen molar-refractivity contribution in [2.24, 2.45) is 0 Å². The van der Waals surface area contributed by atoms with E-state index in [1.165, 1.54) is 0 Å². The molecular weight excluding hydrogens is 789 g/mol. The van der Waals surface area contributed by atoms with Crippen LogP contribution in [0.4, 0.5) is 0 Å². The molecule has 0 bridgehead atoms. The maximum absolute atomic E-state index is 11.6. The van der Waals surface area contributed by atoms with Crippen LogP contribution in [0, 0.1) is 22.6 Å². The molecule has 1 fully saturated rings. The Morgan fingerprint density at radius 2 is 1.13 bits per heavy atom. The van der Waals surface area contributed by atoms with Crippen LogP contribution >= 0.6 is 0 Å². The first kappa shape index (κ1) is 50.3. The Balaban J connectivity index is 0.000000291. The van der Waals surface area contributed by atoms with Gasteiger partial charge in [0, 0.05) is 29.5 Å². The number of hydrogen-bond acceptors (Lipinski definition) is 10. The number of aliphatic hydroxyl groups is 2. The average molecular weight is 851 g/mol. The van der Waals surface area contributed by atoms with E-state index in [1.807, 2.05) is 109 Å². The molecule has 0 saturated carbocycles. The lowest BCUT2D eigenvalue weighted by Crippen LogP contribution is -2.26. The zero-order valence-electron chi connectivity index (χ0n) is 36.2. The monoisotopic (exact) mass is 850 g/mol. The summed E-state index contributed by atoms with van der Waals surface area (Å²) in [5, 5.41) is 46.0. The number of cyclic esters (lactones) is 1. The SMILES string of the molecule is CCCCC(C#[N+][O-])(c1ccccc1)c1ccc(OCCO)cc1.CCCCC(C#[N+][O-])(c1ccccc1)c1ccc(OCCOC(=O)CCCCO)cc1.O=C1CCCCO1. The van der Waals surface area contributed by atoms with Crippen LogP contribution in [0.15, 0.2) is 109 Å². The van der Waals surface area contributed by atoms with E-state index in [1.54, 1.807) is 0 Å². The van der Waals surface area contributed by atoms with E-state index in [2.05, 4.69) is 40.7 Å². The summed E-state index contributed by atoms with van der Waals surface area (Å²) in [7, 11) is 0. The summed E-state index contributed by atoms with van der Waals surface area (Å²) in [5.74, 6) is 1.01. The molecule has 1 aliphatic heterocycles. The van der Waals surface area contributed by atoms with E-state index < -0.39 is 10.8 Å². The fraction of sp³-hybridized carbons (Fsp3) is 0.440. The van der Waals surface area contributed by atoms with Crippen molar-refractivity contribution in [3.8, 4) is 23.6 Å². The third-order valence-corrected chi connectivity index (χ3v) is 10.3. The first-order valence-corrected chi connectivity index (χ1v) is 21.6. The number of unbranched alkanes of at least 4 members (excludes halogenated alkanes) is 3. The lowest BCUT2D eigenvalue weighted by molar-refractivity contribution is -0.147. The number of benzene rings is 4. The van der Waals surface area contributed by atoms with Gasteiger partial charge < -0.3 is 39.6 Å². The van der Waals surface area contributed by atoms with Crippen molar-refractivity contribution in [2.45, 2.75) is 102 Å². The van der Waals surface area contributed by atoms with Crippen molar-refractivity contribution in [3.05, 3.63) is 152 Å². The van der Waals surface area contributed by atoms with Gasteiger partial charge in [0.15, 0.2) is 10.8 Å². The van der Waals surface area contributed by atoms with Gasteiger partial charge in [-0.2, -0.15) is 0 Å². The highest BCUT2D eigenvalue weighted by Crippen LogP contribution is 2.39. The normalized spacial score (nSPS) is 13.5. The third-order valence-electron chi connectivity index (χ3n) is 10.3. The van der Waals surface area contributed by atoms with Crippen LogP contribution in [0.2, 0.25) is 0 Å². The van der Waals surface area contributed by atoms with E-state index in [9.17, 15) is 20.0 Å². The molecule has 62 heavy (non-hydrogen) atoms. The van der Waals surface area contributed by atoms with Gasteiger partial charge >= 0.3 is 24.1 Å². The van der Waals surface area contributed by atoms with Gasteiger partial charge in [-0.3, -0.25) is 9.59 Å². The molecule has 1 aliphatic rings. The molecule has 5 rings (SSSR count). The van der Waals surface area contributed by atoms with E-state index >= 15 is 0 Å². The minimum absolute atomic E-state index is 0.0250. The summed E-state index contributed by atoms with van der Waals surface area (Å²) in [5.41, 5.74) is 2.50. The first-order valence-electron chi connectivity index (χ1n) is 21.6. The largest absolute Gasteiger partial charge is 0.498 e. The quantitative estimate of drug-likeness (QED) is 0.0468. The second kappa shape index (κ2) is 29.2. The third kappa shape index (κ3) is 16.4. The summed E-state index contributed by atoms with van der Waals surface area (Å²) >= 11 is 0. The maximum Gasteiger partial charge on any atom is 0.314 e. The van der Waals surface area contributed by atoms with Crippen LogP contribution in [-0.2, 0) is 29.9 Å². The molecular formula is C50H62N2O10. The summed E-state index contributed by atoms with van der Waals surface area (Å²) in [6.45, 7) is 5.60. The fourth-order valence-electron chi connectivity index (χ4n) is 7.00. The van der Waals surface area contributed by atoms with E-state index in [4.69, 9.17) is 24.4 Å².